The highest BCUT2D eigenvalue weighted by Gasteiger charge is 2.10. The van der Waals surface area contributed by atoms with Gasteiger partial charge in [0.15, 0.2) is 0 Å². The lowest BCUT2D eigenvalue weighted by Gasteiger charge is -2.11. The van der Waals surface area contributed by atoms with Crippen molar-refractivity contribution in [1.29, 1.82) is 5.26 Å². The number of hydrogen-bond acceptors (Lipinski definition) is 3. The van der Waals surface area contributed by atoms with Gasteiger partial charge < -0.3 is 9.88 Å². The molecule has 1 aromatic carbocycles. The van der Waals surface area contributed by atoms with Crippen LogP contribution in [0.4, 0.5) is 5.69 Å². The van der Waals surface area contributed by atoms with Crippen LogP contribution in [0, 0.1) is 18.3 Å². The number of nitrogens with zero attached hydrogens (tertiary/aromatic N) is 2. The van der Waals surface area contributed by atoms with Gasteiger partial charge in [-0.3, -0.25) is 9.59 Å². The third-order valence-corrected chi connectivity index (χ3v) is 3.46. The van der Waals surface area contributed by atoms with Crippen LogP contribution in [0.1, 0.15) is 23.7 Å². The fourth-order valence-electron chi connectivity index (χ4n) is 2.12. The molecule has 0 unspecified atom stereocenters. The molecule has 1 amide bonds. The van der Waals surface area contributed by atoms with E-state index in [2.05, 4.69) is 12.2 Å². The predicted octanol–water partition coefficient (Wildman–Crippen LogP) is 2.23. The Morgan fingerprint density at radius 3 is 2.50 bits per heavy atom. The number of rotatable bonds is 4. The van der Waals surface area contributed by atoms with Gasteiger partial charge in [-0.25, -0.2) is 0 Å². The molecule has 0 aliphatic rings. The average Bonchev–Trinajstić information content (AvgIpc) is 2.52. The van der Waals surface area contributed by atoms with Gasteiger partial charge in [-0.05, 0) is 43.2 Å². The Hall–Kier alpha value is -2.87. The van der Waals surface area contributed by atoms with Gasteiger partial charge in [-0.15, -0.1) is 0 Å². The molecule has 0 fully saturated rings. The third-order valence-electron chi connectivity index (χ3n) is 3.46. The number of amides is 1. The summed E-state index contributed by atoms with van der Waals surface area (Å²) in [6.45, 7) is 3.67. The van der Waals surface area contributed by atoms with E-state index in [0.717, 1.165) is 6.42 Å². The second-order valence-electron chi connectivity index (χ2n) is 4.99. The zero-order valence-electron chi connectivity index (χ0n) is 12.6. The van der Waals surface area contributed by atoms with Crippen molar-refractivity contribution in [2.45, 2.75) is 26.8 Å². The fourth-order valence-corrected chi connectivity index (χ4v) is 2.12. The van der Waals surface area contributed by atoms with Crippen LogP contribution in [0.15, 0.2) is 41.2 Å². The van der Waals surface area contributed by atoms with Gasteiger partial charge in [0.1, 0.15) is 18.2 Å². The van der Waals surface area contributed by atoms with Gasteiger partial charge in [0.25, 0.3) is 5.56 Å². The maximum absolute atomic E-state index is 12.1. The molecule has 0 saturated heterocycles. The minimum atomic E-state index is -0.445. The number of pyridine rings is 1. The van der Waals surface area contributed by atoms with Gasteiger partial charge in [-0.2, -0.15) is 5.26 Å². The molecule has 5 heteroatoms. The first-order valence-corrected chi connectivity index (χ1v) is 7.04. The van der Waals surface area contributed by atoms with Gasteiger partial charge in [0.2, 0.25) is 5.91 Å². The Kier molecular flexibility index (Phi) is 4.74. The first-order chi connectivity index (χ1) is 10.5. The number of anilines is 1. The lowest BCUT2D eigenvalue weighted by atomic mass is 10.1. The number of carbonyl (C=O) groups is 1. The van der Waals surface area contributed by atoms with E-state index < -0.39 is 5.56 Å². The topological polar surface area (TPSA) is 74.9 Å². The largest absolute Gasteiger partial charge is 0.325 e. The average molecular weight is 295 g/mol. The number of nitriles is 1. The highest BCUT2D eigenvalue weighted by molar-refractivity contribution is 5.90. The van der Waals surface area contributed by atoms with E-state index >= 15 is 0 Å². The molecule has 1 N–H and O–H groups in total. The van der Waals surface area contributed by atoms with Crippen LogP contribution in [0.2, 0.25) is 0 Å². The number of aryl methyl sites for hydroxylation is 2. The highest BCUT2D eigenvalue weighted by Crippen LogP contribution is 2.10. The van der Waals surface area contributed by atoms with Crippen LogP contribution in [0.5, 0.6) is 0 Å². The zero-order chi connectivity index (χ0) is 16.1. The summed E-state index contributed by atoms with van der Waals surface area (Å²) in [5.41, 5.74) is 2.10. The first-order valence-electron chi connectivity index (χ1n) is 7.04. The maximum Gasteiger partial charge on any atom is 0.269 e. The molecule has 2 rings (SSSR count). The summed E-state index contributed by atoms with van der Waals surface area (Å²) >= 11 is 0. The minimum absolute atomic E-state index is 0.0331. The molecular weight excluding hydrogens is 278 g/mol. The number of hydrogen-bond donors (Lipinski definition) is 1. The van der Waals surface area contributed by atoms with Crippen molar-refractivity contribution in [2.75, 3.05) is 5.32 Å². The minimum Gasteiger partial charge on any atom is -0.325 e. The highest BCUT2D eigenvalue weighted by atomic mass is 16.2. The summed E-state index contributed by atoms with van der Waals surface area (Å²) in [4.78, 5) is 24.1. The summed E-state index contributed by atoms with van der Waals surface area (Å²) in [6, 6.07) is 12.5. The number of carbonyl (C=O) groups excluding carboxylic acids is 1. The Morgan fingerprint density at radius 1 is 1.23 bits per heavy atom. The number of aromatic nitrogens is 1. The van der Waals surface area contributed by atoms with Crippen LogP contribution >= 0.6 is 0 Å². The van der Waals surface area contributed by atoms with Crippen LogP contribution < -0.4 is 10.9 Å². The van der Waals surface area contributed by atoms with E-state index in [9.17, 15) is 9.59 Å². The van der Waals surface area contributed by atoms with Gasteiger partial charge in [0, 0.05) is 11.4 Å². The normalized spacial score (nSPS) is 10.0. The smallest absolute Gasteiger partial charge is 0.269 e. The van der Waals surface area contributed by atoms with Crippen molar-refractivity contribution < 1.29 is 4.79 Å². The standard InChI is InChI=1S/C17H17N3O2/c1-3-13-5-8-15(9-6-13)19-16(21)11-20-12(2)4-7-14(10-18)17(20)22/h4-9H,3,11H2,1-2H3,(H,19,21). The second-order valence-corrected chi connectivity index (χ2v) is 4.99. The van der Waals surface area contributed by atoms with Crippen molar-refractivity contribution in [3.8, 4) is 6.07 Å². The molecule has 0 saturated carbocycles. The summed E-state index contributed by atoms with van der Waals surface area (Å²) in [6.07, 6.45) is 0.934. The first kappa shape index (κ1) is 15.5. The monoisotopic (exact) mass is 295 g/mol. The van der Waals surface area contributed by atoms with E-state index in [4.69, 9.17) is 5.26 Å². The summed E-state index contributed by atoms with van der Waals surface area (Å²) in [5, 5.41) is 11.6. The molecule has 5 nitrogen and oxygen atoms in total. The summed E-state index contributed by atoms with van der Waals surface area (Å²) in [5.74, 6) is -0.301. The van der Waals surface area contributed by atoms with E-state index in [1.807, 2.05) is 30.3 Å². The third kappa shape index (κ3) is 3.41. The SMILES string of the molecule is CCc1ccc(NC(=O)Cn2c(C)ccc(C#N)c2=O)cc1. The van der Waals surface area contributed by atoms with Gasteiger partial charge in [-0.1, -0.05) is 19.1 Å². The van der Waals surface area contributed by atoms with Crippen molar-refractivity contribution in [1.82, 2.24) is 4.57 Å². The van der Waals surface area contributed by atoms with Crippen LogP contribution in [-0.4, -0.2) is 10.5 Å². The molecule has 0 radical (unpaired) electrons. The van der Waals surface area contributed by atoms with Gasteiger partial charge in [0.05, 0.1) is 0 Å². The van der Waals surface area contributed by atoms with Crippen molar-refractivity contribution >= 4 is 11.6 Å². The Morgan fingerprint density at radius 2 is 1.91 bits per heavy atom. The van der Waals surface area contributed by atoms with Crippen molar-refractivity contribution in [3.05, 3.63) is 63.6 Å². The van der Waals surface area contributed by atoms with Gasteiger partial charge >= 0.3 is 0 Å². The molecule has 22 heavy (non-hydrogen) atoms. The van der Waals surface area contributed by atoms with Crippen molar-refractivity contribution in [2.24, 2.45) is 0 Å². The molecule has 1 aromatic heterocycles. The Labute approximate surface area is 128 Å². The Balaban J connectivity index is 2.15. The molecule has 0 atom stereocenters. The molecule has 1 heterocycles. The van der Waals surface area contributed by atoms with E-state index in [0.29, 0.717) is 11.4 Å². The van der Waals surface area contributed by atoms with Crippen LogP contribution in [0.3, 0.4) is 0 Å². The van der Waals surface area contributed by atoms with Crippen LogP contribution in [0.25, 0.3) is 0 Å². The van der Waals surface area contributed by atoms with E-state index in [-0.39, 0.29) is 18.0 Å². The lowest BCUT2D eigenvalue weighted by Crippen LogP contribution is -2.30. The quantitative estimate of drug-likeness (QED) is 0.939. The molecular formula is C17H17N3O2. The predicted molar refractivity (Wildman–Crippen MR) is 84.6 cm³/mol. The molecule has 2 aromatic rings. The summed E-state index contributed by atoms with van der Waals surface area (Å²) < 4.78 is 1.30. The molecule has 0 aliphatic heterocycles. The van der Waals surface area contributed by atoms with E-state index in [1.54, 1.807) is 13.0 Å². The lowest BCUT2D eigenvalue weighted by molar-refractivity contribution is -0.116. The zero-order valence-corrected chi connectivity index (χ0v) is 12.6. The maximum atomic E-state index is 12.1. The van der Waals surface area contributed by atoms with E-state index in [1.165, 1.54) is 16.2 Å². The Bertz CT molecular complexity index is 783. The summed E-state index contributed by atoms with van der Waals surface area (Å²) in [7, 11) is 0. The molecule has 0 aliphatic carbocycles. The second kappa shape index (κ2) is 6.72. The van der Waals surface area contributed by atoms with Crippen molar-refractivity contribution in [3.63, 3.8) is 0 Å². The van der Waals surface area contributed by atoms with Crippen LogP contribution in [-0.2, 0) is 17.8 Å². The molecule has 0 spiro atoms. The number of nitrogens with one attached hydrogen (secondary N) is 1. The molecule has 112 valence electrons. The number of benzene rings is 1. The molecule has 0 bridgehead atoms. The fraction of sp³-hybridized carbons (Fsp3) is 0.235.